The first-order valence-corrected chi connectivity index (χ1v) is 9.22. The molecule has 0 aromatic rings. The molecule has 0 radical (unpaired) electrons. The van der Waals surface area contributed by atoms with Gasteiger partial charge in [0.1, 0.15) is 0 Å². The zero-order valence-electron chi connectivity index (χ0n) is 15.4. The van der Waals surface area contributed by atoms with E-state index in [2.05, 4.69) is 13.8 Å². The predicted octanol–water partition coefficient (Wildman–Crippen LogP) is 0.655. The van der Waals surface area contributed by atoms with Crippen LogP contribution in [0.25, 0.3) is 0 Å². The van der Waals surface area contributed by atoms with E-state index in [4.69, 9.17) is 22.6 Å². The molecule has 0 unspecified atom stereocenters. The third-order valence-corrected chi connectivity index (χ3v) is 2.35. The molecule has 6 nitrogen and oxygen atoms in total. The van der Waals surface area contributed by atoms with Crippen molar-refractivity contribution in [1.82, 2.24) is 0 Å². The van der Waals surface area contributed by atoms with E-state index in [9.17, 15) is 0 Å². The van der Waals surface area contributed by atoms with Crippen LogP contribution < -0.4 is 29.6 Å². The van der Waals surface area contributed by atoms with Crippen molar-refractivity contribution in [2.75, 3.05) is 0 Å². The summed E-state index contributed by atoms with van der Waals surface area (Å²) in [5.74, 6) is 0. The molecule has 0 aromatic heterocycles. The Morgan fingerprint density at radius 2 is 1.09 bits per heavy atom. The Hall–Kier alpha value is 0.790. The summed E-state index contributed by atoms with van der Waals surface area (Å²) in [7, 11) is -4.67. The third kappa shape index (κ3) is 103. The zero-order valence-corrected chi connectivity index (χ0v) is 18.2. The summed E-state index contributed by atoms with van der Waals surface area (Å²) in [4.78, 5) is 0. The summed E-state index contributed by atoms with van der Waals surface area (Å²) < 4.78 is 31.6. The Morgan fingerprint density at radius 1 is 0.870 bits per heavy atom. The number of hydrogen-bond acceptors (Lipinski definition) is 3. The maximum Gasteiger partial charge on any atom is 1.00 e. The van der Waals surface area contributed by atoms with E-state index in [1.54, 1.807) is 13.8 Å². The molecule has 0 aliphatic carbocycles. The molecule has 23 heavy (non-hydrogen) atoms. The van der Waals surface area contributed by atoms with E-state index in [-0.39, 0.29) is 41.1 Å². The van der Waals surface area contributed by atoms with Crippen LogP contribution in [0, 0.1) is 6.92 Å². The average Bonchev–Trinajstić information content (AvgIpc) is 2.30. The molecule has 0 spiro atoms. The minimum absolute atomic E-state index is 0. The molecule has 0 aromatic carbocycles. The van der Waals surface area contributed by atoms with Crippen molar-refractivity contribution in [3.05, 3.63) is 6.92 Å². The molecular formula is C15H37NaO6S. The van der Waals surface area contributed by atoms with E-state index >= 15 is 0 Å². The fourth-order valence-electron chi connectivity index (χ4n) is 1.49. The molecule has 0 heterocycles. The molecule has 8 heteroatoms. The Morgan fingerprint density at radius 3 is 1.30 bits per heavy atom. The van der Waals surface area contributed by atoms with Crippen molar-refractivity contribution in [2.45, 2.75) is 91.1 Å². The van der Waals surface area contributed by atoms with Gasteiger partial charge in [-0.25, -0.2) is 0 Å². The van der Waals surface area contributed by atoms with Crippen LogP contribution in [0.3, 0.4) is 0 Å². The maximum atomic E-state index is 8.74. The Kier molecular flexibility index (Phi) is 42.0. The van der Waals surface area contributed by atoms with Gasteiger partial charge in [0.25, 0.3) is 0 Å². The van der Waals surface area contributed by atoms with E-state index in [1.165, 1.54) is 57.8 Å². The van der Waals surface area contributed by atoms with Crippen molar-refractivity contribution in [3.63, 3.8) is 0 Å². The van der Waals surface area contributed by atoms with Gasteiger partial charge in [-0.1, -0.05) is 64.7 Å². The summed E-state index contributed by atoms with van der Waals surface area (Å²) in [5, 5.41) is 8.06. The Labute approximate surface area is 165 Å². The van der Waals surface area contributed by atoms with E-state index in [1.807, 2.05) is 0 Å². The molecule has 0 saturated carbocycles. The van der Waals surface area contributed by atoms with Crippen LogP contribution in [0.1, 0.15) is 85.0 Å². The van der Waals surface area contributed by atoms with Gasteiger partial charge in [-0.05, 0) is 13.8 Å². The largest absolute Gasteiger partial charge is 1.00 e. The molecule has 0 fully saturated rings. The second kappa shape index (κ2) is 27.6. The van der Waals surface area contributed by atoms with Crippen molar-refractivity contribution in [1.29, 1.82) is 0 Å². The second-order valence-corrected chi connectivity index (χ2v) is 6.12. The first kappa shape index (κ1) is 35.0. The molecule has 0 aliphatic rings. The van der Waals surface area contributed by atoms with E-state index < -0.39 is 10.4 Å². The topological polar surface area (TPSA) is 126 Å². The molecular weight excluding hydrogens is 331 g/mol. The third-order valence-electron chi connectivity index (χ3n) is 2.35. The second-order valence-electron chi connectivity index (χ2n) is 5.22. The van der Waals surface area contributed by atoms with Gasteiger partial charge >= 0.3 is 40.0 Å². The van der Waals surface area contributed by atoms with Gasteiger partial charge in [0.2, 0.25) is 0 Å². The standard InChI is InChI=1S/C12H25.C3H8O.Na.H2O4S.H2O/c1-3-5-7-9-11-12-10-8-6-4-2;1-3(2)4;;1-5(2,3)4;/h1,3-12H2,2H3;3-4H,1-2H3;;(H2,1,2,3,4);1H2/q-1;;+1;;. The molecule has 0 rings (SSSR count). The molecule has 140 valence electrons. The zero-order chi connectivity index (χ0) is 17.1. The van der Waals surface area contributed by atoms with E-state index in [0.29, 0.717) is 0 Å². The van der Waals surface area contributed by atoms with Crippen molar-refractivity contribution in [2.24, 2.45) is 0 Å². The number of rotatable bonds is 9. The summed E-state index contributed by atoms with van der Waals surface area (Å²) in [5.41, 5.74) is 0. The van der Waals surface area contributed by atoms with Crippen molar-refractivity contribution < 1.29 is 57.7 Å². The normalized spacial score (nSPS) is 9.57. The summed E-state index contributed by atoms with van der Waals surface area (Å²) in [6.45, 7) is 9.56. The van der Waals surface area contributed by atoms with Crippen LogP contribution in [0.15, 0.2) is 0 Å². The van der Waals surface area contributed by atoms with Crippen molar-refractivity contribution in [3.8, 4) is 0 Å². The van der Waals surface area contributed by atoms with Crippen LogP contribution >= 0.6 is 0 Å². The molecule has 0 amide bonds. The monoisotopic (exact) mass is 368 g/mol. The number of aliphatic hydroxyl groups excluding tert-OH is 1. The first-order chi connectivity index (χ1) is 9.65. The molecule has 0 aliphatic heterocycles. The Balaban J connectivity index is -0.0000000828. The fraction of sp³-hybridized carbons (Fsp3) is 0.933. The molecule has 5 N–H and O–H groups in total. The first-order valence-electron chi connectivity index (χ1n) is 7.82. The minimum atomic E-state index is -4.67. The Bertz CT molecular complexity index is 250. The smallest absolute Gasteiger partial charge is 0.412 e. The van der Waals surface area contributed by atoms with Crippen molar-refractivity contribution >= 4 is 10.4 Å². The number of hydrogen-bond donors (Lipinski definition) is 3. The van der Waals surface area contributed by atoms with E-state index in [0.717, 1.165) is 6.42 Å². The van der Waals surface area contributed by atoms with Gasteiger partial charge in [0, 0.05) is 6.10 Å². The van der Waals surface area contributed by atoms with Crippen LogP contribution in [0.5, 0.6) is 0 Å². The summed E-state index contributed by atoms with van der Waals surface area (Å²) in [6.07, 6.45) is 13.7. The van der Waals surface area contributed by atoms with Crippen LogP contribution in [0.2, 0.25) is 0 Å². The van der Waals surface area contributed by atoms with Crippen LogP contribution in [-0.2, 0) is 10.4 Å². The van der Waals surface area contributed by atoms with Crippen LogP contribution in [0.4, 0.5) is 0 Å². The van der Waals surface area contributed by atoms with Gasteiger partial charge in [-0.2, -0.15) is 14.8 Å². The SMILES string of the molecule is CC(C)O.O.O=S(=O)(O)O.[CH2-]CCCCCCCCCCC.[Na+]. The molecule has 0 bridgehead atoms. The minimum Gasteiger partial charge on any atom is -0.412 e. The van der Waals surface area contributed by atoms with Gasteiger partial charge in [-0.15, -0.1) is 0 Å². The summed E-state index contributed by atoms with van der Waals surface area (Å²) in [6, 6.07) is 0. The molecule has 0 saturated heterocycles. The van der Waals surface area contributed by atoms with Gasteiger partial charge in [-0.3, -0.25) is 9.11 Å². The predicted molar refractivity (Wildman–Crippen MR) is 92.3 cm³/mol. The fourth-order valence-corrected chi connectivity index (χ4v) is 1.49. The average molecular weight is 369 g/mol. The van der Waals surface area contributed by atoms with Crippen LogP contribution in [-0.4, -0.2) is 34.2 Å². The quantitative estimate of drug-likeness (QED) is 0.238. The molecule has 0 atom stereocenters. The summed E-state index contributed by atoms with van der Waals surface area (Å²) >= 11 is 0. The van der Waals surface area contributed by atoms with Gasteiger partial charge in [0.05, 0.1) is 0 Å². The van der Waals surface area contributed by atoms with Gasteiger partial charge in [0.15, 0.2) is 0 Å². The maximum absolute atomic E-state index is 8.74. The number of unbranched alkanes of at least 4 members (excludes halogenated alkanes) is 9. The van der Waals surface area contributed by atoms with Gasteiger partial charge < -0.3 is 17.5 Å². The number of aliphatic hydroxyl groups is 1.